The summed E-state index contributed by atoms with van der Waals surface area (Å²) in [7, 11) is 0. The Hall–Kier alpha value is -6.56. The van der Waals surface area contributed by atoms with Gasteiger partial charge in [-0.15, -0.1) is 11.3 Å². The molecule has 4 aromatic heterocycles. The van der Waals surface area contributed by atoms with Gasteiger partial charge in [0.2, 0.25) is 5.95 Å². The molecular formula is C46H28N4S. The summed E-state index contributed by atoms with van der Waals surface area (Å²) in [5.41, 5.74) is 11.1. The smallest absolute Gasteiger partial charge is 0.235 e. The van der Waals surface area contributed by atoms with Gasteiger partial charge in [0, 0.05) is 43.7 Å². The highest BCUT2D eigenvalue weighted by atomic mass is 32.1. The van der Waals surface area contributed by atoms with Crippen molar-refractivity contribution in [2.45, 2.75) is 0 Å². The first-order valence-electron chi connectivity index (χ1n) is 17.2. The third kappa shape index (κ3) is 4.19. The molecule has 0 aliphatic heterocycles. The molecule has 0 radical (unpaired) electrons. The first-order valence-corrected chi connectivity index (χ1v) is 18.0. The van der Waals surface area contributed by atoms with Crippen LogP contribution >= 0.6 is 11.3 Å². The monoisotopic (exact) mass is 668 g/mol. The van der Waals surface area contributed by atoms with E-state index in [1.165, 1.54) is 54.5 Å². The second-order valence-electron chi connectivity index (χ2n) is 13.0. The van der Waals surface area contributed by atoms with Crippen LogP contribution < -0.4 is 0 Å². The van der Waals surface area contributed by atoms with E-state index < -0.39 is 0 Å². The SMILES string of the molecule is c1ccc(-c2nc(-n3c4ccc(-c5cccc6c7ccccc7n(-c7ccccc7)c56)cc4c4ccc5ccccc5c43)nc3ccsc23)cc1. The van der Waals surface area contributed by atoms with Crippen LogP contribution in [0.2, 0.25) is 0 Å². The minimum Gasteiger partial charge on any atom is -0.309 e. The van der Waals surface area contributed by atoms with Crippen molar-refractivity contribution < 1.29 is 0 Å². The van der Waals surface area contributed by atoms with Crippen molar-refractivity contribution in [2.75, 3.05) is 0 Å². The zero-order chi connectivity index (χ0) is 33.5. The molecule has 11 rings (SSSR count). The van der Waals surface area contributed by atoms with Crippen molar-refractivity contribution in [3.05, 3.63) is 169 Å². The summed E-state index contributed by atoms with van der Waals surface area (Å²) in [6.45, 7) is 0. The van der Waals surface area contributed by atoms with Crippen LogP contribution in [0.1, 0.15) is 0 Å². The fourth-order valence-electron chi connectivity index (χ4n) is 8.00. The second-order valence-corrected chi connectivity index (χ2v) is 13.9. The number of hydrogen-bond donors (Lipinski definition) is 0. The van der Waals surface area contributed by atoms with E-state index in [9.17, 15) is 0 Å². The van der Waals surface area contributed by atoms with Crippen LogP contribution in [-0.4, -0.2) is 19.1 Å². The lowest BCUT2D eigenvalue weighted by molar-refractivity contribution is 1.02. The van der Waals surface area contributed by atoms with Crippen molar-refractivity contribution in [3.8, 4) is 34.0 Å². The number of benzene rings is 7. The number of nitrogens with zero attached hydrogens (tertiary/aromatic N) is 4. The van der Waals surface area contributed by atoms with Crippen molar-refractivity contribution in [3.63, 3.8) is 0 Å². The molecule has 0 N–H and O–H groups in total. The molecule has 238 valence electrons. The van der Waals surface area contributed by atoms with Crippen LogP contribution in [0.25, 0.3) is 98.6 Å². The van der Waals surface area contributed by atoms with Crippen molar-refractivity contribution >= 4 is 75.9 Å². The van der Waals surface area contributed by atoms with Gasteiger partial charge in [0.1, 0.15) is 0 Å². The molecule has 0 atom stereocenters. The molecular weight excluding hydrogens is 641 g/mol. The van der Waals surface area contributed by atoms with E-state index in [4.69, 9.17) is 9.97 Å². The van der Waals surface area contributed by atoms with Gasteiger partial charge in [0.05, 0.1) is 38.0 Å². The highest BCUT2D eigenvalue weighted by molar-refractivity contribution is 7.17. The Morgan fingerprint density at radius 3 is 2.06 bits per heavy atom. The Kier molecular flexibility index (Phi) is 6.09. The first-order chi connectivity index (χ1) is 25.3. The van der Waals surface area contributed by atoms with Crippen LogP contribution in [0.4, 0.5) is 0 Å². The fraction of sp³-hybridized carbons (Fsp3) is 0. The Labute approximate surface area is 297 Å². The summed E-state index contributed by atoms with van der Waals surface area (Å²) >= 11 is 1.69. The Morgan fingerprint density at radius 1 is 0.451 bits per heavy atom. The highest BCUT2D eigenvalue weighted by Crippen LogP contribution is 2.42. The van der Waals surface area contributed by atoms with Crippen molar-refractivity contribution in [1.82, 2.24) is 19.1 Å². The molecule has 0 aliphatic carbocycles. The summed E-state index contributed by atoms with van der Waals surface area (Å²) in [4.78, 5) is 10.6. The van der Waals surface area contributed by atoms with Crippen LogP contribution in [0.3, 0.4) is 0 Å². The van der Waals surface area contributed by atoms with Gasteiger partial charge in [-0.3, -0.25) is 4.57 Å². The maximum atomic E-state index is 5.34. The summed E-state index contributed by atoms with van der Waals surface area (Å²) in [6.07, 6.45) is 0. The largest absolute Gasteiger partial charge is 0.309 e. The Balaban J connectivity index is 1.23. The van der Waals surface area contributed by atoms with E-state index in [-0.39, 0.29) is 0 Å². The zero-order valence-electron chi connectivity index (χ0n) is 27.4. The molecule has 7 aromatic carbocycles. The zero-order valence-corrected chi connectivity index (χ0v) is 28.2. The topological polar surface area (TPSA) is 35.6 Å². The van der Waals surface area contributed by atoms with Crippen molar-refractivity contribution in [1.29, 1.82) is 0 Å². The molecule has 0 amide bonds. The predicted octanol–water partition coefficient (Wildman–Crippen LogP) is 12.4. The van der Waals surface area contributed by atoms with E-state index in [0.717, 1.165) is 38.2 Å². The van der Waals surface area contributed by atoms with Gasteiger partial charge in [0.25, 0.3) is 0 Å². The molecule has 51 heavy (non-hydrogen) atoms. The lowest BCUT2D eigenvalue weighted by Gasteiger charge is -2.12. The van der Waals surface area contributed by atoms with Gasteiger partial charge in [-0.1, -0.05) is 127 Å². The third-order valence-corrected chi connectivity index (χ3v) is 11.1. The van der Waals surface area contributed by atoms with Crippen LogP contribution in [0, 0.1) is 0 Å². The van der Waals surface area contributed by atoms with E-state index in [2.05, 4.69) is 172 Å². The minimum absolute atomic E-state index is 0.676. The average Bonchev–Trinajstić information content (AvgIpc) is 3.91. The van der Waals surface area contributed by atoms with Crippen LogP contribution in [-0.2, 0) is 0 Å². The van der Waals surface area contributed by atoms with Crippen molar-refractivity contribution in [2.24, 2.45) is 0 Å². The summed E-state index contributed by atoms with van der Waals surface area (Å²) < 4.78 is 5.79. The maximum Gasteiger partial charge on any atom is 0.235 e. The average molecular weight is 669 g/mol. The van der Waals surface area contributed by atoms with Gasteiger partial charge in [0.15, 0.2) is 0 Å². The van der Waals surface area contributed by atoms with E-state index in [1.807, 2.05) is 6.07 Å². The molecule has 0 unspecified atom stereocenters. The molecule has 5 heteroatoms. The Morgan fingerprint density at radius 2 is 1.18 bits per heavy atom. The maximum absolute atomic E-state index is 5.34. The van der Waals surface area contributed by atoms with Crippen LogP contribution in [0.15, 0.2) is 169 Å². The van der Waals surface area contributed by atoms with E-state index >= 15 is 0 Å². The summed E-state index contributed by atoms with van der Waals surface area (Å²) in [6, 6.07) is 58.7. The van der Waals surface area contributed by atoms with E-state index in [1.54, 1.807) is 11.3 Å². The number of rotatable bonds is 4. The van der Waals surface area contributed by atoms with Gasteiger partial charge < -0.3 is 4.57 Å². The second kappa shape index (κ2) is 11.0. The van der Waals surface area contributed by atoms with Gasteiger partial charge in [-0.05, 0) is 52.7 Å². The van der Waals surface area contributed by atoms with E-state index in [0.29, 0.717) is 5.95 Å². The first kappa shape index (κ1) is 28.3. The standard InChI is InChI=1S/C46H28N4S/c1-3-13-30(14-4-1)42-45-39(26-27-51-45)47-46(48-42)50-41-25-23-31(28-38(41)37-24-22-29-12-7-8-17-33(29)44(37)50)34-19-11-20-36-35-18-9-10-21-40(35)49(43(34)36)32-15-5-2-6-16-32/h1-28H. The molecule has 0 bridgehead atoms. The summed E-state index contributed by atoms with van der Waals surface area (Å²) in [5.74, 6) is 0.676. The lowest BCUT2D eigenvalue weighted by Crippen LogP contribution is -2.03. The molecule has 0 saturated carbocycles. The van der Waals surface area contributed by atoms with Gasteiger partial charge in [-0.25, -0.2) is 9.97 Å². The summed E-state index contributed by atoms with van der Waals surface area (Å²) in [5, 5.41) is 9.31. The quantitative estimate of drug-likeness (QED) is 0.187. The molecule has 0 aliphatic rings. The predicted molar refractivity (Wildman–Crippen MR) is 214 cm³/mol. The molecule has 0 saturated heterocycles. The molecule has 0 spiro atoms. The highest BCUT2D eigenvalue weighted by Gasteiger charge is 2.21. The molecule has 11 aromatic rings. The number of para-hydroxylation sites is 3. The third-order valence-electron chi connectivity index (χ3n) is 10.2. The molecule has 4 nitrogen and oxygen atoms in total. The number of aromatic nitrogens is 4. The van der Waals surface area contributed by atoms with Crippen LogP contribution in [0.5, 0.6) is 0 Å². The lowest BCUT2D eigenvalue weighted by atomic mass is 9.99. The number of hydrogen-bond acceptors (Lipinski definition) is 3. The number of thiophene rings is 1. The minimum atomic E-state index is 0.676. The fourth-order valence-corrected chi connectivity index (χ4v) is 8.84. The molecule has 0 fully saturated rings. The molecule has 4 heterocycles. The van der Waals surface area contributed by atoms with Gasteiger partial charge in [-0.2, -0.15) is 0 Å². The van der Waals surface area contributed by atoms with Gasteiger partial charge >= 0.3 is 0 Å². The number of fused-ring (bicyclic) bond motifs is 9. The normalized spacial score (nSPS) is 11.9. The Bertz CT molecular complexity index is 3130.